The van der Waals surface area contributed by atoms with Crippen molar-refractivity contribution in [2.45, 2.75) is 6.92 Å². The summed E-state index contributed by atoms with van der Waals surface area (Å²) in [6.07, 6.45) is 0. The van der Waals surface area contributed by atoms with Gasteiger partial charge in [-0.05, 0) is 30.7 Å². The fraction of sp³-hybridized carbons (Fsp3) is 0.133. The van der Waals surface area contributed by atoms with Crippen LogP contribution in [0.5, 0.6) is 5.75 Å². The first-order valence-electron chi connectivity index (χ1n) is 6.16. The zero-order chi connectivity index (χ0) is 13.2. The van der Waals surface area contributed by atoms with Crippen molar-refractivity contribution in [3.05, 3.63) is 42.5 Å². The molecule has 0 amide bonds. The Morgan fingerprint density at radius 3 is 2.89 bits per heavy atom. The van der Waals surface area contributed by atoms with Crippen LogP contribution in [0, 0.1) is 0 Å². The lowest BCUT2D eigenvalue weighted by atomic mass is 10.0. The molecule has 2 N–H and O–H groups in total. The van der Waals surface area contributed by atoms with Crippen LogP contribution in [-0.2, 0) is 0 Å². The van der Waals surface area contributed by atoms with Crippen molar-refractivity contribution in [2.24, 2.45) is 0 Å². The molecule has 0 aliphatic rings. The largest absolute Gasteiger partial charge is 0.493 e. The molecule has 19 heavy (non-hydrogen) atoms. The van der Waals surface area contributed by atoms with Gasteiger partial charge in [-0.2, -0.15) is 0 Å². The van der Waals surface area contributed by atoms with Crippen LogP contribution in [0.2, 0.25) is 0 Å². The minimum absolute atomic E-state index is 0.602. The maximum absolute atomic E-state index is 5.74. The van der Waals surface area contributed by atoms with Gasteiger partial charge in [0.1, 0.15) is 5.75 Å². The molecule has 0 atom stereocenters. The van der Waals surface area contributed by atoms with Crippen LogP contribution < -0.4 is 10.5 Å². The molecule has 1 aromatic heterocycles. The van der Waals surface area contributed by atoms with Gasteiger partial charge in [0.2, 0.25) is 0 Å². The number of nitrogens with two attached hydrogens (primary N) is 1. The summed E-state index contributed by atoms with van der Waals surface area (Å²) in [6.45, 7) is 2.64. The van der Waals surface area contributed by atoms with E-state index in [1.165, 1.54) is 11.3 Å². The highest BCUT2D eigenvalue weighted by Gasteiger charge is 2.08. The topological polar surface area (TPSA) is 48.1 Å². The second-order valence-corrected chi connectivity index (χ2v) is 5.23. The molecule has 1 heterocycles. The van der Waals surface area contributed by atoms with Gasteiger partial charge in [0.15, 0.2) is 5.13 Å². The molecule has 0 bridgehead atoms. The number of hydrogen-bond acceptors (Lipinski definition) is 4. The van der Waals surface area contributed by atoms with E-state index in [0.29, 0.717) is 11.7 Å². The van der Waals surface area contributed by atoms with E-state index >= 15 is 0 Å². The fourth-order valence-electron chi connectivity index (χ4n) is 2.10. The Labute approximate surface area is 115 Å². The van der Waals surface area contributed by atoms with Crippen molar-refractivity contribution in [3.63, 3.8) is 0 Å². The standard InChI is InChI=1S/C15H14N2OS/c1-2-18-13-6-4-3-5-11(13)10-7-8-14-12(9-10)17-15(16)19-14/h3-9H,2H2,1H3,(H2,16,17). The minimum Gasteiger partial charge on any atom is -0.493 e. The number of benzene rings is 2. The summed E-state index contributed by atoms with van der Waals surface area (Å²) in [5, 5.41) is 0.602. The summed E-state index contributed by atoms with van der Waals surface area (Å²) in [5.41, 5.74) is 8.86. The molecule has 3 nitrogen and oxygen atoms in total. The molecule has 3 aromatic rings. The number of fused-ring (bicyclic) bond motifs is 1. The summed E-state index contributed by atoms with van der Waals surface area (Å²) in [4.78, 5) is 4.33. The summed E-state index contributed by atoms with van der Waals surface area (Å²) in [6, 6.07) is 14.2. The SMILES string of the molecule is CCOc1ccccc1-c1ccc2sc(N)nc2c1. The molecule has 0 aliphatic carbocycles. The predicted octanol–water partition coefficient (Wildman–Crippen LogP) is 3.94. The molecule has 0 spiro atoms. The van der Waals surface area contributed by atoms with E-state index in [-0.39, 0.29) is 0 Å². The van der Waals surface area contributed by atoms with Crippen LogP contribution in [0.1, 0.15) is 6.92 Å². The number of anilines is 1. The number of thiazole rings is 1. The molecule has 4 heteroatoms. The first kappa shape index (κ1) is 12.0. The van der Waals surface area contributed by atoms with E-state index in [2.05, 4.69) is 29.2 Å². The van der Waals surface area contributed by atoms with E-state index in [9.17, 15) is 0 Å². The lowest BCUT2D eigenvalue weighted by Gasteiger charge is -2.09. The van der Waals surface area contributed by atoms with Gasteiger partial charge >= 0.3 is 0 Å². The van der Waals surface area contributed by atoms with Crippen LogP contribution in [0.3, 0.4) is 0 Å². The van der Waals surface area contributed by atoms with Crippen LogP contribution in [0.4, 0.5) is 5.13 Å². The Morgan fingerprint density at radius 1 is 1.21 bits per heavy atom. The second kappa shape index (κ2) is 4.90. The summed E-state index contributed by atoms with van der Waals surface area (Å²) >= 11 is 1.51. The van der Waals surface area contributed by atoms with Crippen LogP contribution in [0.25, 0.3) is 21.3 Å². The molecule has 3 rings (SSSR count). The molecular weight excluding hydrogens is 256 g/mol. The van der Waals surface area contributed by atoms with E-state index in [0.717, 1.165) is 27.1 Å². The van der Waals surface area contributed by atoms with Crippen LogP contribution in [0.15, 0.2) is 42.5 Å². The number of nitrogens with zero attached hydrogens (tertiary/aromatic N) is 1. The quantitative estimate of drug-likeness (QED) is 0.784. The van der Waals surface area contributed by atoms with E-state index in [4.69, 9.17) is 10.5 Å². The Morgan fingerprint density at radius 2 is 2.05 bits per heavy atom. The van der Waals surface area contributed by atoms with Gasteiger partial charge in [-0.1, -0.05) is 35.6 Å². The first-order chi connectivity index (χ1) is 9.28. The van der Waals surface area contributed by atoms with Crippen molar-refractivity contribution in [3.8, 4) is 16.9 Å². The van der Waals surface area contributed by atoms with Crippen LogP contribution >= 0.6 is 11.3 Å². The smallest absolute Gasteiger partial charge is 0.181 e. The zero-order valence-electron chi connectivity index (χ0n) is 10.6. The Bertz CT molecular complexity index is 721. The summed E-state index contributed by atoms with van der Waals surface area (Å²) in [7, 11) is 0. The number of para-hydroxylation sites is 1. The highest BCUT2D eigenvalue weighted by molar-refractivity contribution is 7.22. The predicted molar refractivity (Wildman–Crippen MR) is 80.6 cm³/mol. The lowest BCUT2D eigenvalue weighted by molar-refractivity contribution is 0.341. The molecule has 0 radical (unpaired) electrons. The van der Waals surface area contributed by atoms with Gasteiger partial charge < -0.3 is 10.5 Å². The normalized spacial score (nSPS) is 10.8. The average molecular weight is 270 g/mol. The molecule has 2 aromatic carbocycles. The van der Waals surface area contributed by atoms with Gasteiger partial charge in [-0.3, -0.25) is 0 Å². The third kappa shape index (κ3) is 2.27. The van der Waals surface area contributed by atoms with Gasteiger partial charge in [-0.15, -0.1) is 0 Å². The van der Waals surface area contributed by atoms with Gasteiger partial charge in [0.05, 0.1) is 16.8 Å². The average Bonchev–Trinajstić information content (AvgIpc) is 2.79. The molecule has 0 unspecified atom stereocenters. The van der Waals surface area contributed by atoms with E-state index < -0.39 is 0 Å². The van der Waals surface area contributed by atoms with E-state index in [1.807, 2.05) is 25.1 Å². The summed E-state index contributed by atoms with van der Waals surface area (Å²) in [5.74, 6) is 0.896. The molecule has 0 saturated heterocycles. The van der Waals surface area contributed by atoms with Gasteiger partial charge in [0, 0.05) is 5.56 Å². The van der Waals surface area contributed by atoms with Crippen LogP contribution in [-0.4, -0.2) is 11.6 Å². The first-order valence-corrected chi connectivity index (χ1v) is 6.98. The van der Waals surface area contributed by atoms with Crippen molar-refractivity contribution >= 4 is 26.7 Å². The lowest BCUT2D eigenvalue weighted by Crippen LogP contribution is -1.93. The highest BCUT2D eigenvalue weighted by atomic mass is 32.1. The Hall–Kier alpha value is -2.07. The second-order valence-electron chi connectivity index (χ2n) is 4.16. The van der Waals surface area contributed by atoms with E-state index in [1.54, 1.807) is 0 Å². The third-order valence-electron chi connectivity index (χ3n) is 2.90. The number of ether oxygens (including phenoxy) is 1. The highest BCUT2D eigenvalue weighted by Crippen LogP contribution is 2.33. The van der Waals surface area contributed by atoms with Crippen molar-refractivity contribution in [2.75, 3.05) is 12.3 Å². The zero-order valence-corrected chi connectivity index (χ0v) is 11.4. The Kier molecular flexibility index (Phi) is 3.09. The number of aromatic nitrogens is 1. The van der Waals surface area contributed by atoms with Gasteiger partial charge in [-0.25, -0.2) is 4.98 Å². The maximum atomic E-state index is 5.74. The monoisotopic (exact) mass is 270 g/mol. The van der Waals surface area contributed by atoms with Crippen molar-refractivity contribution < 1.29 is 4.74 Å². The maximum Gasteiger partial charge on any atom is 0.181 e. The Balaban J connectivity index is 2.13. The number of rotatable bonds is 3. The number of nitrogen functional groups attached to an aromatic ring is 1. The molecule has 0 fully saturated rings. The van der Waals surface area contributed by atoms with Crippen molar-refractivity contribution in [1.82, 2.24) is 4.98 Å². The van der Waals surface area contributed by atoms with Crippen molar-refractivity contribution in [1.29, 1.82) is 0 Å². The molecule has 0 aliphatic heterocycles. The molecule has 0 saturated carbocycles. The number of hydrogen-bond donors (Lipinski definition) is 1. The third-order valence-corrected chi connectivity index (χ3v) is 3.77. The summed E-state index contributed by atoms with van der Waals surface area (Å²) < 4.78 is 6.77. The molecular formula is C15H14N2OS. The van der Waals surface area contributed by atoms with Gasteiger partial charge in [0.25, 0.3) is 0 Å². The minimum atomic E-state index is 0.602. The molecule has 96 valence electrons. The fourth-order valence-corrected chi connectivity index (χ4v) is 2.81.